The van der Waals surface area contributed by atoms with Crippen LogP contribution in [0.5, 0.6) is 5.88 Å². The minimum Gasteiger partial charge on any atom is -0.493 e. The zero-order valence-corrected chi connectivity index (χ0v) is 19.0. The van der Waals surface area contributed by atoms with Crippen molar-refractivity contribution in [1.29, 1.82) is 0 Å². The van der Waals surface area contributed by atoms with Gasteiger partial charge in [-0.1, -0.05) is 12.1 Å². The van der Waals surface area contributed by atoms with Crippen LogP contribution in [0.1, 0.15) is 58.7 Å². The fourth-order valence-electron chi connectivity index (χ4n) is 3.59. The maximum atomic E-state index is 12.2. The Bertz CT molecular complexity index is 1010. The minimum atomic E-state index is -0.185. The van der Waals surface area contributed by atoms with Gasteiger partial charge in [0, 0.05) is 43.8 Å². The van der Waals surface area contributed by atoms with Crippen LogP contribution < -0.4 is 5.32 Å². The monoisotopic (exact) mass is 433 g/mol. The maximum absolute atomic E-state index is 12.2. The number of nitrogens with one attached hydrogen (secondary N) is 1. The van der Waals surface area contributed by atoms with E-state index in [0.717, 1.165) is 42.9 Å². The lowest BCUT2D eigenvalue weighted by molar-refractivity contribution is 0.0951. The Morgan fingerprint density at radius 3 is 2.62 bits per heavy atom. The van der Waals surface area contributed by atoms with Gasteiger partial charge in [0.15, 0.2) is 0 Å². The fraction of sp³-hybridized carbons (Fsp3) is 0.360. The van der Waals surface area contributed by atoms with Crippen molar-refractivity contribution < 1.29 is 9.90 Å². The average Bonchev–Trinajstić information content (AvgIpc) is 2.80. The molecule has 0 bridgehead atoms. The molecule has 7 nitrogen and oxygen atoms in total. The van der Waals surface area contributed by atoms with Crippen molar-refractivity contribution in [2.75, 3.05) is 13.1 Å². The molecule has 0 saturated carbocycles. The Morgan fingerprint density at radius 2 is 1.94 bits per heavy atom. The molecule has 0 aromatic carbocycles. The molecule has 1 atom stereocenters. The molecule has 7 heteroatoms. The van der Waals surface area contributed by atoms with Gasteiger partial charge >= 0.3 is 0 Å². The molecule has 0 fully saturated rings. The van der Waals surface area contributed by atoms with E-state index in [2.05, 4.69) is 58.1 Å². The van der Waals surface area contributed by atoms with E-state index in [-0.39, 0.29) is 17.8 Å². The van der Waals surface area contributed by atoms with Gasteiger partial charge in [-0.3, -0.25) is 19.7 Å². The van der Waals surface area contributed by atoms with E-state index in [1.165, 1.54) is 17.8 Å². The van der Waals surface area contributed by atoms with Gasteiger partial charge in [0.25, 0.3) is 5.91 Å². The summed E-state index contributed by atoms with van der Waals surface area (Å²) in [6, 6.07) is 11.3. The predicted molar refractivity (Wildman–Crippen MR) is 124 cm³/mol. The number of aromatic hydroxyl groups is 1. The molecule has 0 spiro atoms. The number of aryl methyl sites for hydroxylation is 2. The Labute approximate surface area is 189 Å². The molecule has 0 aliphatic rings. The molecule has 168 valence electrons. The molecule has 32 heavy (non-hydrogen) atoms. The molecule has 0 unspecified atom stereocenters. The predicted octanol–water partition coefficient (Wildman–Crippen LogP) is 3.97. The highest BCUT2D eigenvalue weighted by Crippen LogP contribution is 2.22. The maximum Gasteiger partial charge on any atom is 0.252 e. The number of pyridine rings is 3. The molecule has 0 aliphatic heterocycles. The topological polar surface area (TPSA) is 91.2 Å². The van der Waals surface area contributed by atoms with Crippen LogP contribution in [-0.2, 0) is 6.54 Å². The highest BCUT2D eigenvalue weighted by molar-refractivity contribution is 5.93. The molecular weight excluding hydrogens is 402 g/mol. The second-order valence-electron chi connectivity index (χ2n) is 8.05. The first kappa shape index (κ1) is 23.3. The Balaban J connectivity index is 1.57. The summed E-state index contributed by atoms with van der Waals surface area (Å²) in [4.78, 5) is 27.5. The van der Waals surface area contributed by atoms with Gasteiger partial charge in [0.2, 0.25) is 5.88 Å². The van der Waals surface area contributed by atoms with E-state index in [1.54, 1.807) is 6.07 Å². The van der Waals surface area contributed by atoms with Crippen LogP contribution >= 0.6 is 0 Å². The quantitative estimate of drug-likeness (QED) is 0.470. The first-order chi connectivity index (χ1) is 15.4. The van der Waals surface area contributed by atoms with Crippen LogP contribution in [-0.4, -0.2) is 44.0 Å². The molecule has 0 saturated heterocycles. The van der Waals surface area contributed by atoms with Crippen LogP contribution in [0.2, 0.25) is 0 Å². The van der Waals surface area contributed by atoms with Crippen molar-refractivity contribution in [2.45, 2.75) is 46.2 Å². The third-order valence-corrected chi connectivity index (χ3v) is 5.51. The van der Waals surface area contributed by atoms with E-state index < -0.39 is 0 Å². The number of aromatic nitrogens is 3. The molecule has 3 heterocycles. The summed E-state index contributed by atoms with van der Waals surface area (Å²) in [6.45, 7) is 8.52. The molecule has 1 amide bonds. The molecule has 0 aliphatic carbocycles. The van der Waals surface area contributed by atoms with Crippen molar-refractivity contribution in [2.24, 2.45) is 0 Å². The number of hydrogen-bond acceptors (Lipinski definition) is 6. The Morgan fingerprint density at radius 1 is 1.09 bits per heavy atom. The molecule has 0 radical (unpaired) electrons. The average molecular weight is 434 g/mol. The van der Waals surface area contributed by atoms with Crippen LogP contribution in [0.25, 0.3) is 0 Å². The fourth-order valence-corrected chi connectivity index (χ4v) is 3.59. The molecule has 3 aromatic heterocycles. The van der Waals surface area contributed by atoms with Gasteiger partial charge in [-0.05, 0) is 69.5 Å². The van der Waals surface area contributed by atoms with E-state index in [4.69, 9.17) is 0 Å². The molecule has 3 rings (SSSR count). The normalized spacial score (nSPS) is 12.0. The SMILES string of the molecule is Cc1cnc(CN(CCCCNC(=O)c2ccc(O)nc2)[C@@H](C)c2ccccn2)c(C)c1. The highest BCUT2D eigenvalue weighted by atomic mass is 16.3. The van der Waals surface area contributed by atoms with Gasteiger partial charge in [-0.15, -0.1) is 0 Å². The molecule has 2 N–H and O–H groups in total. The number of rotatable bonds is 10. The summed E-state index contributed by atoms with van der Waals surface area (Å²) in [5.41, 5.74) is 4.90. The third-order valence-electron chi connectivity index (χ3n) is 5.51. The number of unbranched alkanes of at least 4 members (excludes halogenated alkanes) is 1. The van der Waals surface area contributed by atoms with Crippen LogP contribution in [0.3, 0.4) is 0 Å². The minimum absolute atomic E-state index is 0.0954. The number of hydrogen-bond donors (Lipinski definition) is 2. The van der Waals surface area contributed by atoms with Gasteiger partial charge < -0.3 is 10.4 Å². The van der Waals surface area contributed by atoms with E-state index in [9.17, 15) is 9.90 Å². The van der Waals surface area contributed by atoms with Crippen LogP contribution in [0, 0.1) is 13.8 Å². The Kier molecular flexibility index (Phi) is 8.27. The molecular formula is C25H31N5O2. The van der Waals surface area contributed by atoms with Crippen molar-refractivity contribution >= 4 is 5.91 Å². The van der Waals surface area contributed by atoms with Crippen molar-refractivity contribution in [1.82, 2.24) is 25.2 Å². The summed E-state index contributed by atoms with van der Waals surface area (Å²) in [5, 5.41) is 12.2. The van der Waals surface area contributed by atoms with E-state index in [0.29, 0.717) is 12.1 Å². The third kappa shape index (κ3) is 6.59. The zero-order chi connectivity index (χ0) is 22.9. The van der Waals surface area contributed by atoms with Crippen molar-refractivity contribution in [3.63, 3.8) is 0 Å². The summed E-state index contributed by atoms with van der Waals surface area (Å²) in [5.74, 6) is -0.280. The summed E-state index contributed by atoms with van der Waals surface area (Å²) < 4.78 is 0. The van der Waals surface area contributed by atoms with Crippen LogP contribution in [0.15, 0.2) is 55.0 Å². The van der Waals surface area contributed by atoms with E-state index >= 15 is 0 Å². The molecule has 3 aromatic rings. The lowest BCUT2D eigenvalue weighted by Crippen LogP contribution is -2.30. The zero-order valence-electron chi connectivity index (χ0n) is 19.0. The van der Waals surface area contributed by atoms with Crippen molar-refractivity contribution in [3.8, 4) is 5.88 Å². The van der Waals surface area contributed by atoms with E-state index in [1.807, 2.05) is 24.5 Å². The highest BCUT2D eigenvalue weighted by Gasteiger charge is 2.18. The summed E-state index contributed by atoms with van der Waals surface area (Å²) >= 11 is 0. The second kappa shape index (κ2) is 11.3. The number of amides is 1. The first-order valence-electron chi connectivity index (χ1n) is 10.9. The lowest BCUT2D eigenvalue weighted by atomic mass is 10.1. The number of carbonyl (C=O) groups excluding carboxylic acids is 1. The van der Waals surface area contributed by atoms with Gasteiger partial charge in [-0.2, -0.15) is 0 Å². The van der Waals surface area contributed by atoms with Gasteiger partial charge in [0.1, 0.15) is 0 Å². The Hall–Kier alpha value is -3.32. The summed E-state index contributed by atoms with van der Waals surface area (Å²) in [7, 11) is 0. The lowest BCUT2D eigenvalue weighted by Gasteiger charge is -2.29. The first-order valence-corrected chi connectivity index (χ1v) is 10.9. The standard InChI is InChI=1S/C25H31N5O2/c1-18-14-19(2)23(28-15-18)17-30(20(3)22-8-4-5-11-26-22)13-7-6-12-27-25(32)21-9-10-24(31)29-16-21/h4-5,8-11,14-16,20H,6-7,12-13,17H2,1-3H3,(H,27,32)(H,29,31)/t20-/m0/s1. The summed E-state index contributed by atoms with van der Waals surface area (Å²) in [6.07, 6.45) is 6.89. The van der Waals surface area contributed by atoms with Crippen LogP contribution in [0.4, 0.5) is 0 Å². The number of carbonyl (C=O) groups is 1. The number of nitrogens with zero attached hydrogens (tertiary/aromatic N) is 4. The van der Waals surface area contributed by atoms with Gasteiger partial charge in [0.05, 0.1) is 17.0 Å². The smallest absolute Gasteiger partial charge is 0.252 e. The van der Waals surface area contributed by atoms with Gasteiger partial charge in [-0.25, -0.2) is 4.98 Å². The largest absolute Gasteiger partial charge is 0.493 e. The van der Waals surface area contributed by atoms with Crippen molar-refractivity contribution in [3.05, 3.63) is 83.1 Å². The second-order valence-corrected chi connectivity index (χ2v) is 8.05.